The molecule has 3 aromatic carbocycles. The van der Waals surface area contributed by atoms with Gasteiger partial charge in [0.25, 0.3) is 5.91 Å². The minimum atomic E-state index is -0.589. The van der Waals surface area contributed by atoms with Crippen molar-refractivity contribution in [1.29, 1.82) is 0 Å². The molecule has 6 nitrogen and oxygen atoms in total. The van der Waals surface area contributed by atoms with Crippen LogP contribution < -0.4 is 15.5 Å². The largest absolute Gasteiger partial charge is 0.491 e. The Morgan fingerprint density at radius 3 is 2.27 bits per heavy atom. The molecule has 0 radical (unpaired) electrons. The Morgan fingerprint density at radius 1 is 0.939 bits per heavy atom. The molecule has 33 heavy (non-hydrogen) atoms. The summed E-state index contributed by atoms with van der Waals surface area (Å²) in [6.45, 7) is 0.276. The van der Waals surface area contributed by atoms with Gasteiger partial charge in [-0.15, -0.1) is 0 Å². The molecule has 7 heteroatoms. The van der Waals surface area contributed by atoms with Crippen LogP contribution in [0.2, 0.25) is 0 Å². The number of hydrogen-bond acceptors (Lipinski definition) is 5. The molecule has 1 atom stereocenters. The molecule has 0 aliphatic rings. The van der Waals surface area contributed by atoms with Gasteiger partial charge in [-0.25, -0.2) is 5.48 Å². The van der Waals surface area contributed by atoms with Gasteiger partial charge in [0, 0.05) is 23.1 Å². The van der Waals surface area contributed by atoms with Crippen molar-refractivity contribution in [3.8, 4) is 5.75 Å². The van der Waals surface area contributed by atoms with Gasteiger partial charge in [-0.3, -0.25) is 14.8 Å². The Morgan fingerprint density at radius 2 is 1.61 bits per heavy atom. The van der Waals surface area contributed by atoms with Gasteiger partial charge in [-0.2, -0.15) is 11.8 Å². The van der Waals surface area contributed by atoms with E-state index < -0.39 is 5.91 Å². The lowest BCUT2D eigenvalue weighted by Gasteiger charge is -2.18. The van der Waals surface area contributed by atoms with Crippen LogP contribution in [-0.2, 0) is 10.5 Å². The highest BCUT2D eigenvalue weighted by Crippen LogP contribution is 2.16. The van der Waals surface area contributed by atoms with Gasteiger partial charge in [0.15, 0.2) is 0 Å². The third-order valence-electron chi connectivity index (χ3n) is 4.67. The average Bonchev–Trinajstić information content (AvgIpc) is 2.87. The van der Waals surface area contributed by atoms with Crippen molar-refractivity contribution < 1.29 is 19.5 Å². The minimum Gasteiger partial charge on any atom is -0.491 e. The van der Waals surface area contributed by atoms with Gasteiger partial charge in [0.1, 0.15) is 12.4 Å². The molecule has 0 aliphatic heterocycles. The maximum atomic E-state index is 12.5. The summed E-state index contributed by atoms with van der Waals surface area (Å²) in [6.07, 6.45) is 3.29. The first kappa shape index (κ1) is 24.1. The number of ether oxygens (including phenoxy) is 1. The summed E-state index contributed by atoms with van der Waals surface area (Å²) in [5.74, 6) is 1.29. The van der Waals surface area contributed by atoms with Crippen molar-refractivity contribution in [2.45, 2.75) is 11.8 Å². The van der Waals surface area contributed by atoms with Crippen molar-refractivity contribution in [1.82, 2.24) is 10.8 Å². The van der Waals surface area contributed by atoms with E-state index >= 15 is 0 Å². The van der Waals surface area contributed by atoms with E-state index in [1.807, 2.05) is 48.5 Å². The second-order valence-electron chi connectivity index (χ2n) is 7.23. The zero-order valence-electron chi connectivity index (χ0n) is 18.0. The van der Waals surface area contributed by atoms with Gasteiger partial charge in [0.05, 0.1) is 6.04 Å². The van der Waals surface area contributed by atoms with Gasteiger partial charge in [-0.1, -0.05) is 60.7 Å². The lowest BCUT2D eigenvalue weighted by atomic mass is 10.2. The first-order valence-corrected chi connectivity index (χ1v) is 11.6. The Balaban J connectivity index is 1.58. The number of hydroxylamine groups is 1. The number of amides is 2. The first-order valence-electron chi connectivity index (χ1n) is 10.5. The van der Waals surface area contributed by atoms with Crippen LogP contribution in [0.25, 0.3) is 6.08 Å². The van der Waals surface area contributed by atoms with Crippen molar-refractivity contribution in [3.63, 3.8) is 0 Å². The van der Waals surface area contributed by atoms with Crippen molar-refractivity contribution >= 4 is 29.7 Å². The highest BCUT2D eigenvalue weighted by atomic mass is 32.2. The van der Waals surface area contributed by atoms with E-state index in [0.29, 0.717) is 17.1 Å². The molecule has 3 rings (SSSR count). The Labute approximate surface area is 197 Å². The molecule has 0 saturated heterocycles. The zero-order valence-corrected chi connectivity index (χ0v) is 18.8. The fourth-order valence-electron chi connectivity index (χ4n) is 2.97. The number of thioether (sulfide) groups is 1. The molecule has 0 bridgehead atoms. The number of benzene rings is 3. The second kappa shape index (κ2) is 13.1. The molecule has 3 N–H and O–H groups in total. The number of rotatable bonds is 11. The van der Waals surface area contributed by atoms with Crippen LogP contribution in [0, 0.1) is 0 Å². The molecule has 0 aliphatic carbocycles. The smallest absolute Gasteiger partial charge is 0.274 e. The Kier molecular flexibility index (Phi) is 9.57. The maximum Gasteiger partial charge on any atom is 0.274 e. The van der Waals surface area contributed by atoms with Crippen LogP contribution in [0.3, 0.4) is 0 Å². The monoisotopic (exact) mass is 462 g/mol. The third-order valence-corrected chi connectivity index (χ3v) is 5.85. The van der Waals surface area contributed by atoms with E-state index in [1.165, 1.54) is 11.6 Å². The number of carbonyl (C=O) groups excluding carboxylic acids is 2. The van der Waals surface area contributed by atoms with E-state index in [-0.39, 0.29) is 18.6 Å². The average molecular weight is 463 g/mol. The second-order valence-corrected chi connectivity index (χ2v) is 8.26. The molecular formula is C26H26N2O4S. The fraction of sp³-hybridized carbons (Fsp3) is 0.154. The molecule has 0 fully saturated rings. The summed E-state index contributed by atoms with van der Waals surface area (Å²) in [5.41, 5.74) is 4.08. The zero-order chi connectivity index (χ0) is 23.3. The SMILES string of the molecule is O=C(/C=C/c1ccccc1)N[C@H](COc1ccc(C(=O)NO)cc1)CSCc1ccccc1. The summed E-state index contributed by atoms with van der Waals surface area (Å²) < 4.78 is 5.86. The summed E-state index contributed by atoms with van der Waals surface area (Å²) >= 11 is 1.72. The van der Waals surface area contributed by atoms with Crippen LogP contribution in [0.1, 0.15) is 21.5 Å². The topological polar surface area (TPSA) is 87.7 Å². The van der Waals surface area contributed by atoms with Crippen LogP contribution in [0.4, 0.5) is 0 Å². The highest BCUT2D eigenvalue weighted by Gasteiger charge is 2.13. The van der Waals surface area contributed by atoms with Crippen molar-refractivity contribution in [2.75, 3.05) is 12.4 Å². The Bertz CT molecular complexity index is 1040. The van der Waals surface area contributed by atoms with Gasteiger partial charge < -0.3 is 10.1 Å². The van der Waals surface area contributed by atoms with Gasteiger partial charge in [-0.05, 0) is 41.5 Å². The van der Waals surface area contributed by atoms with Crippen molar-refractivity contribution in [3.05, 3.63) is 108 Å². The summed E-state index contributed by atoms with van der Waals surface area (Å²) in [7, 11) is 0. The lowest BCUT2D eigenvalue weighted by Crippen LogP contribution is -2.40. The van der Waals surface area contributed by atoms with E-state index in [2.05, 4.69) is 17.4 Å². The number of hydrogen-bond donors (Lipinski definition) is 3. The molecule has 0 heterocycles. The summed E-state index contributed by atoms with van der Waals surface area (Å²) in [5, 5.41) is 11.7. The van der Waals surface area contributed by atoms with E-state index in [0.717, 1.165) is 11.3 Å². The standard InChI is InChI=1S/C26H26N2O4S/c29-25(16-11-20-7-3-1-4-8-20)27-23(19-33-18-21-9-5-2-6-10-21)17-32-24-14-12-22(13-15-24)26(30)28-31/h1-16,23,31H,17-19H2,(H,27,29)(H,28,30)/b16-11+/t23-/m1/s1. The van der Waals surface area contributed by atoms with Crippen LogP contribution in [-0.4, -0.2) is 35.4 Å². The summed E-state index contributed by atoms with van der Waals surface area (Å²) in [6, 6.07) is 26.0. The third kappa shape index (κ3) is 8.48. The molecule has 3 aromatic rings. The van der Waals surface area contributed by atoms with Gasteiger partial charge in [0.2, 0.25) is 5.91 Å². The Hall–Kier alpha value is -3.55. The molecule has 0 spiro atoms. The molecule has 170 valence electrons. The first-order chi connectivity index (χ1) is 16.1. The van der Waals surface area contributed by atoms with E-state index in [1.54, 1.807) is 47.6 Å². The minimum absolute atomic E-state index is 0.192. The fourth-order valence-corrected chi connectivity index (χ4v) is 3.98. The normalized spacial score (nSPS) is 11.7. The molecule has 0 unspecified atom stereocenters. The lowest BCUT2D eigenvalue weighted by molar-refractivity contribution is -0.117. The van der Waals surface area contributed by atoms with Crippen LogP contribution in [0.15, 0.2) is 91.0 Å². The van der Waals surface area contributed by atoms with Crippen LogP contribution >= 0.6 is 11.8 Å². The predicted molar refractivity (Wildman–Crippen MR) is 131 cm³/mol. The predicted octanol–water partition coefficient (Wildman–Crippen LogP) is 4.32. The van der Waals surface area contributed by atoms with Gasteiger partial charge >= 0.3 is 0 Å². The quantitative estimate of drug-likeness (QED) is 0.224. The molecule has 0 saturated carbocycles. The molecular weight excluding hydrogens is 436 g/mol. The summed E-state index contributed by atoms with van der Waals surface area (Å²) in [4.78, 5) is 23.9. The highest BCUT2D eigenvalue weighted by molar-refractivity contribution is 7.98. The molecule has 2 amide bonds. The van der Waals surface area contributed by atoms with Crippen LogP contribution in [0.5, 0.6) is 5.75 Å². The van der Waals surface area contributed by atoms with Crippen molar-refractivity contribution in [2.24, 2.45) is 0 Å². The van der Waals surface area contributed by atoms with E-state index in [4.69, 9.17) is 9.94 Å². The maximum absolute atomic E-state index is 12.5. The van der Waals surface area contributed by atoms with E-state index in [9.17, 15) is 9.59 Å². The number of nitrogens with one attached hydrogen (secondary N) is 2. The molecule has 0 aromatic heterocycles. The number of carbonyl (C=O) groups is 2.